The van der Waals surface area contributed by atoms with Crippen LogP contribution in [0.5, 0.6) is 5.75 Å². The number of rotatable bonds is 0. The van der Waals surface area contributed by atoms with Crippen LogP contribution in [-0.4, -0.2) is 12.6 Å². The zero-order chi connectivity index (χ0) is 11.3. The lowest BCUT2D eigenvalue weighted by atomic mass is 10.0. The summed E-state index contributed by atoms with van der Waals surface area (Å²) in [7, 11) is 0. The van der Waals surface area contributed by atoms with Crippen molar-refractivity contribution < 1.29 is 17.9 Å². The van der Waals surface area contributed by atoms with Crippen LogP contribution in [0, 0.1) is 0 Å². The second kappa shape index (κ2) is 3.13. The van der Waals surface area contributed by atoms with Crippen molar-refractivity contribution in [3.8, 4) is 5.75 Å². The molecular formula is C11H10F3NO. The van der Waals surface area contributed by atoms with Crippen molar-refractivity contribution in [1.82, 2.24) is 5.32 Å². The quantitative estimate of drug-likeness (QED) is 0.738. The monoisotopic (exact) mass is 229 g/mol. The summed E-state index contributed by atoms with van der Waals surface area (Å²) in [5.41, 5.74) is 0.196. The molecule has 5 heteroatoms. The predicted octanol–water partition coefficient (Wildman–Crippen LogP) is 2.50. The Morgan fingerprint density at radius 3 is 2.88 bits per heavy atom. The molecule has 16 heavy (non-hydrogen) atoms. The van der Waals surface area contributed by atoms with Crippen LogP contribution in [0.3, 0.4) is 0 Å². The highest BCUT2D eigenvalue weighted by Crippen LogP contribution is 2.43. The molecule has 0 aliphatic carbocycles. The molecule has 86 valence electrons. The third-order valence-electron chi connectivity index (χ3n) is 3.12. The van der Waals surface area contributed by atoms with E-state index in [-0.39, 0.29) is 12.1 Å². The number of halogens is 3. The minimum Gasteiger partial charge on any atom is -0.488 e. The summed E-state index contributed by atoms with van der Waals surface area (Å²) >= 11 is 0. The number of alkyl halides is 3. The Bertz CT molecular complexity index is 430. The van der Waals surface area contributed by atoms with Crippen LogP contribution in [0.25, 0.3) is 0 Å². The summed E-state index contributed by atoms with van der Waals surface area (Å²) in [6, 6.07) is 3.79. The van der Waals surface area contributed by atoms with Crippen molar-refractivity contribution in [2.45, 2.75) is 24.7 Å². The first-order valence-corrected chi connectivity index (χ1v) is 5.17. The fraction of sp³-hybridized carbons (Fsp3) is 0.455. The molecule has 0 amide bonds. The van der Waals surface area contributed by atoms with Crippen LogP contribution in [-0.2, 0) is 6.18 Å². The van der Waals surface area contributed by atoms with Gasteiger partial charge in [-0.3, -0.25) is 0 Å². The third-order valence-corrected chi connectivity index (χ3v) is 3.12. The van der Waals surface area contributed by atoms with Gasteiger partial charge in [-0.05, 0) is 25.1 Å². The van der Waals surface area contributed by atoms with E-state index in [9.17, 15) is 13.2 Å². The molecule has 0 bridgehead atoms. The summed E-state index contributed by atoms with van der Waals surface area (Å²) in [6.07, 6.45) is -3.46. The van der Waals surface area contributed by atoms with Gasteiger partial charge in [0.05, 0.1) is 11.6 Å². The van der Waals surface area contributed by atoms with E-state index in [0.717, 1.165) is 30.7 Å². The Hall–Kier alpha value is -1.23. The van der Waals surface area contributed by atoms with Crippen molar-refractivity contribution in [3.63, 3.8) is 0 Å². The Kier molecular flexibility index (Phi) is 1.95. The van der Waals surface area contributed by atoms with Gasteiger partial charge in [0.2, 0.25) is 0 Å². The van der Waals surface area contributed by atoms with Crippen LogP contribution in [0.4, 0.5) is 13.2 Å². The van der Waals surface area contributed by atoms with Gasteiger partial charge in [-0.15, -0.1) is 0 Å². The third kappa shape index (κ3) is 1.38. The van der Waals surface area contributed by atoms with Gasteiger partial charge in [-0.2, -0.15) is 13.2 Å². The van der Waals surface area contributed by atoms with Crippen LogP contribution < -0.4 is 10.1 Å². The van der Waals surface area contributed by atoms with Crippen LogP contribution in [0.15, 0.2) is 18.2 Å². The minimum absolute atomic E-state index is 0.00140. The Labute approximate surface area is 90.4 Å². The van der Waals surface area contributed by atoms with Crippen molar-refractivity contribution >= 4 is 0 Å². The van der Waals surface area contributed by atoms with E-state index >= 15 is 0 Å². The fourth-order valence-electron chi connectivity index (χ4n) is 2.35. The molecular weight excluding hydrogens is 219 g/mol. The van der Waals surface area contributed by atoms with Gasteiger partial charge in [-0.1, -0.05) is 6.07 Å². The molecule has 2 nitrogen and oxygen atoms in total. The lowest BCUT2D eigenvalue weighted by Crippen LogP contribution is -2.18. The standard InChI is InChI=1S/C11H10F3NO/c12-11(13,14)6-1-2-7-9(5-6)16-8-3-4-15-10(7)8/h1-2,5,8,10,15H,3-4H2/t8?,10-/m0/s1. The van der Waals surface area contributed by atoms with Gasteiger partial charge in [0.15, 0.2) is 0 Å². The molecule has 1 saturated heterocycles. The summed E-state index contributed by atoms with van der Waals surface area (Å²) in [6.45, 7) is 0.857. The maximum atomic E-state index is 12.5. The molecule has 1 aromatic carbocycles. The van der Waals surface area contributed by atoms with Gasteiger partial charge in [0.1, 0.15) is 11.9 Å². The van der Waals surface area contributed by atoms with Crippen molar-refractivity contribution in [1.29, 1.82) is 0 Å². The van der Waals surface area contributed by atoms with E-state index < -0.39 is 11.7 Å². The van der Waals surface area contributed by atoms with Crippen LogP contribution >= 0.6 is 0 Å². The number of benzene rings is 1. The van der Waals surface area contributed by atoms with Crippen LogP contribution in [0.2, 0.25) is 0 Å². The molecule has 1 N–H and O–H groups in total. The highest BCUT2D eigenvalue weighted by molar-refractivity contribution is 5.45. The first kappa shape index (κ1) is 9.96. The predicted molar refractivity (Wildman–Crippen MR) is 51.2 cm³/mol. The average molecular weight is 229 g/mol. The second-order valence-electron chi connectivity index (χ2n) is 4.13. The van der Waals surface area contributed by atoms with E-state index in [1.165, 1.54) is 6.07 Å². The number of nitrogens with one attached hydrogen (secondary N) is 1. The number of hydrogen-bond donors (Lipinski definition) is 1. The molecule has 1 unspecified atom stereocenters. The van der Waals surface area contributed by atoms with Crippen LogP contribution in [0.1, 0.15) is 23.6 Å². The Balaban J connectivity index is 2.00. The van der Waals surface area contributed by atoms with Crippen molar-refractivity contribution in [3.05, 3.63) is 29.3 Å². The van der Waals surface area contributed by atoms with Gasteiger partial charge in [0.25, 0.3) is 0 Å². The molecule has 0 saturated carbocycles. The highest BCUT2D eigenvalue weighted by Gasteiger charge is 2.40. The lowest BCUT2D eigenvalue weighted by Gasteiger charge is -2.09. The van der Waals surface area contributed by atoms with Gasteiger partial charge < -0.3 is 10.1 Å². The summed E-state index contributed by atoms with van der Waals surface area (Å²) in [5.74, 6) is 0.372. The SMILES string of the molecule is FC(F)(F)c1ccc2c(c1)OC1CCN[C@@H]21. The van der Waals surface area contributed by atoms with Gasteiger partial charge in [0, 0.05) is 5.56 Å². The second-order valence-corrected chi connectivity index (χ2v) is 4.13. The molecule has 1 aromatic rings. The zero-order valence-corrected chi connectivity index (χ0v) is 8.34. The maximum absolute atomic E-state index is 12.5. The van der Waals surface area contributed by atoms with Gasteiger partial charge in [-0.25, -0.2) is 0 Å². The number of fused-ring (bicyclic) bond motifs is 3. The summed E-state index contributed by atoms with van der Waals surface area (Å²) in [4.78, 5) is 0. The Morgan fingerprint density at radius 1 is 1.31 bits per heavy atom. The minimum atomic E-state index is -4.30. The van der Waals surface area contributed by atoms with E-state index in [0.29, 0.717) is 5.75 Å². The maximum Gasteiger partial charge on any atom is 0.416 e. The van der Waals surface area contributed by atoms with E-state index in [1.807, 2.05) is 0 Å². The topological polar surface area (TPSA) is 21.3 Å². The van der Waals surface area contributed by atoms with E-state index in [1.54, 1.807) is 0 Å². The largest absolute Gasteiger partial charge is 0.488 e. The molecule has 0 spiro atoms. The number of ether oxygens (including phenoxy) is 1. The summed E-state index contributed by atoms with van der Waals surface area (Å²) < 4.78 is 42.9. The van der Waals surface area contributed by atoms with Crippen molar-refractivity contribution in [2.24, 2.45) is 0 Å². The normalized spacial score (nSPS) is 27.4. The molecule has 0 radical (unpaired) electrons. The van der Waals surface area contributed by atoms with Gasteiger partial charge >= 0.3 is 6.18 Å². The highest BCUT2D eigenvalue weighted by atomic mass is 19.4. The molecule has 2 aliphatic rings. The fourth-order valence-corrected chi connectivity index (χ4v) is 2.35. The lowest BCUT2D eigenvalue weighted by molar-refractivity contribution is -0.137. The zero-order valence-electron chi connectivity index (χ0n) is 8.34. The summed E-state index contributed by atoms with van der Waals surface area (Å²) in [5, 5.41) is 3.23. The molecule has 1 fully saturated rings. The van der Waals surface area contributed by atoms with E-state index in [4.69, 9.17) is 4.74 Å². The van der Waals surface area contributed by atoms with Crippen molar-refractivity contribution in [2.75, 3.05) is 6.54 Å². The first-order chi connectivity index (χ1) is 7.55. The molecule has 0 aromatic heterocycles. The Morgan fingerprint density at radius 2 is 2.12 bits per heavy atom. The first-order valence-electron chi connectivity index (χ1n) is 5.17. The van der Waals surface area contributed by atoms with E-state index in [2.05, 4.69) is 5.32 Å². The molecule has 2 atom stereocenters. The molecule has 2 aliphatic heterocycles. The average Bonchev–Trinajstić information content (AvgIpc) is 2.74. The smallest absolute Gasteiger partial charge is 0.416 e. The molecule has 3 rings (SSSR count). The molecule has 2 heterocycles. The number of hydrogen-bond acceptors (Lipinski definition) is 2.